The van der Waals surface area contributed by atoms with Crippen molar-refractivity contribution in [1.82, 2.24) is 0 Å². The van der Waals surface area contributed by atoms with Crippen molar-refractivity contribution < 1.29 is 0 Å². The number of para-hydroxylation sites is 1. The number of rotatable bonds is 2. The number of fused-ring (bicyclic) bond motifs is 1. The van der Waals surface area contributed by atoms with Crippen LogP contribution in [0.5, 0.6) is 0 Å². The van der Waals surface area contributed by atoms with Gasteiger partial charge in [0.25, 0.3) is 0 Å². The van der Waals surface area contributed by atoms with E-state index in [9.17, 15) is 0 Å². The predicted octanol–water partition coefficient (Wildman–Crippen LogP) is 3.20. The third kappa shape index (κ3) is 2.38. The first-order valence-corrected chi connectivity index (χ1v) is 7.66. The van der Waals surface area contributed by atoms with E-state index in [4.69, 9.17) is 5.73 Å². The van der Waals surface area contributed by atoms with E-state index in [-0.39, 0.29) is 0 Å². The van der Waals surface area contributed by atoms with Crippen LogP contribution in [-0.4, -0.2) is 19.1 Å². The Bertz CT molecular complexity index is 452. The molecule has 1 aliphatic heterocycles. The van der Waals surface area contributed by atoms with E-state index < -0.39 is 0 Å². The first kappa shape index (κ1) is 13.0. The maximum Gasteiger partial charge on any atom is 0.0398 e. The van der Waals surface area contributed by atoms with Gasteiger partial charge in [0.05, 0.1) is 0 Å². The van der Waals surface area contributed by atoms with Gasteiger partial charge in [-0.3, -0.25) is 0 Å². The second-order valence-electron chi connectivity index (χ2n) is 6.99. The molecule has 2 N–H and O–H groups in total. The highest BCUT2D eigenvalue weighted by molar-refractivity contribution is 5.55. The van der Waals surface area contributed by atoms with E-state index in [1.807, 2.05) is 0 Å². The van der Waals surface area contributed by atoms with Crippen molar-refractivity contribution >= 4 is 5.69 Å². The van der Waals surface area contributed by atoms with Crippen LogP contribution in [0.3, 0.4) is 0 Å². The fourth-order valence-electron chi connectivity index (χ4n) is 3.83. The molecule has 1 aromatic carbocycles. The highest BCUT2D eigenvalue weighted by Crippen LogP contribution is 2.41. The molecule has 1 heterocycles. The lowest BCUT2D eigenvalue weighted by Gasteiger charge is -2.35. The molecule has 2 nitrogen and oxygen atoms in total. The minimum atomic E-state index is 0.319. The zero-order valence-electron chi connectivity index (χ0n) is 12.2. The molecule has 1 aliphatic carbocycles. The van der Waals surface area contributed by atoms with Crippen molar-refractivity contribution in [3.05, 3.63) is 29.8 Å². The number of benzene rings is 1. The van der Waals surface area contributed by atoms with Crippen LogP contribution in [0.15, 0.2) is 24.3 Å². The van der Waals surface area contributed by atoms with Crippen LogP contribution in [0.1, 0.15) is 38.7 Å². The summed E-state index contributed by atoms with van der Waals surface area (Å²) in [7, 11) is 0. The molecule has 0 saturated heterocycles. The quantitative estimate of drug-likeness (QED) is 0.882. The van der Waals surface area contributed by atoms with E-state index in [1.165, 1.54) is 43.5 Å². The molecule has 1 saturated carbocycles. The molecule has 0 aromatic heterocycles. The zero-order chi connectivity index (χ0) is 13.5. The van der Waals surface area contributed by atoms with Crippen molar-refractivity contribution in [2.24, 2.45) is 17.1 Å². The lowest BCUT2D eigenvalue weighted by atomic mass is 9.85. The molecule has 19 heavy (non-hydrogen) atoms. The molecule has 0 spiro atoms. The highest BCUT2D eigenvalue weighted by atomic mass is 15.1. The van der Waals surface area contributed by atoms with Gasteiger partial charge in [0.2, 0.25) is 0 Å². The monoisotopic (exact) mass is 258 g/mol. The predicted molar refractivity (Wildman–Crippen MR) is 81.5 cm³/mol. The van der Waals surface area contributed by atoms with Gasteiger partial charge in [0.1, 0.15) is 0 Å². The maximum absolute atomic E-state index is 6.47. The summed E-state index contributed by atoms with van der Waals surface area (Å²) in [6, 6.07) is 9.23. The van der Waals surface area contributed by atoms with E-state index >= 15 is 0 Å². The van der Waals surface area contributed by atoms with Gasteiger partial charge in [-0.2, -0.15) is 0 Å². The summed E-state index contributed by atoms with van der Waals surface area (Å²) in [6.45, 7) is 6.98. The van der Waals surface area contributed by atoms with Crippen LogP contribution in [0.4, 0.5) is 5.69 Å². The number of nitrogens with zero attached hydrogens (tertiary/aromatic N) is 1. The van der Waals surface area contributed by atoms with Gasteiger partial charge in [0, 0.05) is 24.8 Å². The van der Waals surface area contributed by atoms with E-state index in [0.29, 0.717) is 17.4 Å². The van der Waals surface area contributed by atoms with Gasteiger partial charge >= 0.3 is 0 Å². The Morgan fingerprint density at radius 3 is 2.84 bits per heavy atom. The standard InChI is InChI=1S/C17H26N2/c1-17(2)10-9-14(16(17)18)12-19-11-5-7-13-6-3-4-8-15(13)19/h3-4,6,8,14,16H,5,7,9-12,18H2,1-2H3. The van der Waals surface area contributed by atoms with Crippen molar-refractivity contribution in [2.45, 2.75) is 45.6 Å². The number of anilines is 1. The molecule has 2 heteroatoms. The summed E-state index contributed by atoms with van der Waals surface area (Å²) in [5, 5.41) is 0. The van der Waals surface area contributed by atoms with Crippen LogP contribution in [0, 0.1) is 11.3 Å². The Morgan fingerprint density at radius 1 is 1.32 bits per heavy atom. The average molecular weight is 258 g/mol. The fourth-order valence-corrected chi connectivity index (χ4v) is 3.83. The molecule has 0 amide bonds. The minimum Gasteiger partial charge on any atom is -0.371 e. The molecule has 0 radical (unpaired) electrons. The molecule has 1 aromatic rings. The van der Waals surface area contributed by atoms with E-state index in [0.717, 1.165) is 6.54 Å². The van der Waals surface area contributed by atoms with E-state index in [2.05, 4.69) is 43.0 Å². The Balaban J connectivity index is 1.75. The number of hydrogen-bond acceptors (Lipinski definition) is 2. The average Bonchev–Trinajstić information content (AvgIpc) is 2.66. The lowest BCUT2D eigenvalue weighted by molar-refractivity contribution is 0.300. The molecule has 3 rings (SSSR count). The van der Waals surface area contributed by atoms with Crippen LogP contribution in [-0.2, 0) is 6.42 Å². The number of aryl methyl sites for hydroxylation is 1. The summed E-state index contributed by atoms with van der Waals surface area (Å²) in [5.41, 5.74) is 9.75. The van der Waals surface area contributed by atoms with Gasteiger partial charge in [-0.15, -0.1) is 0 Å². The second kappa shape index (κ2) is 4.82. The third-order valence-corrected chi connectivity index (χ3v) is 5.23. The smallest absolute Gasteiger partial charge is 0.0398 e. The third-order valence-electron chi connectivity index (χ3n) is 5.23. The van der Waals surface area contributed by atoms with Crippen molar-refractivity contribution in [2.75, 3.05) is 18.0 Å². The summed E-state index contributed by atoms with van der Waals surface area (Å²) in [6.07, 6.45) is 5.07. The van der Waals surface area contributed by atoms with Gasteiger partial charge < -0.3 is 10.6 Å². The second-order valence-corrected chi connectivity index (χ2v) is 6.99. The topological polar surface area (TPSA) is 29.3 Å². The van der Waals surface area contributed by atoms with Crippen LogP contribution in [0.25, 0.3) is 0 Å². The molecule has 2 atom stereocenters. The van der Waals surface area contributed by atoms with Gasteiger partial charge in [-0.05, 0) is 48.6 Å². The number of hydrogen-bond donors (Lipinski definition) is 1. The van der Waals surface area contributed by atoms with Crippen LogP contribution < -0.4 is 10.6 Å². The normalized spacial score (nSPS) is 29.3. The first-order chi connectivity index (χ1) is 9.08. The summed E-state index contributed by atoms with van der Waals surface area (Å²) in [5.74, 6) is 0.654. The maximum atomic E-state index is 6.47. The molecular weight excluding hydrogens is 232 g/mol. The molecular formula is C17H26N2. The molecule has 2 aliphatic rings. The summed E-state index contributed by atoms with van der Waals surface area (Å²) < 4.78 is 0. The highest BCUT2D eigenvalue weighted by Gasteiger charge is 2.40. The molecule has 0 bridgehead atoms. The zero-order valence-corrected chi connectivity index (χ0v) is 12.2. The van der Waals surface area contributed by atoms with Crippen molar-refractivity contribution in [3.8, 4) is 0 Å². The van der Waals surface area contributed by atoms with Crippen molar-refractivity contribution in [1.29, 1.82) is 0 Å². The van der Waals surface area contributed by atoms with Crippen molar-refractivity contribution in [3.63, 3.8) is 0 Å². The van der Waals surface area contributed by atoms with Gasteiger partial charge in [-0.25, -0.2) is 0 Å². The molecule has 2 unspecified atom stereocenters. The Morgan fingerprint density at radius 2 is 2.11 bits per heavy atom. The largest absolute Gasteiger partial charge is 0.371 e. The Labute approximate surface area is 117 Å². The minimum absolute atomic E-state index is 0.319. The van der Waals surface area contributed by atoms with Crippen LogP contribution >= 0.6 is 0 Å². The van der Waals surface area contributed by atoms with Crippen LogP contribution in [0.2, 0.25) is 0 Å². The van der Waals surface area contributed by atoms with E-state index in [1.54, 1.807) is 0 Å². The first-order valence-electron chi connectivity index (χ1n) is 7.66. The lowest BCUT2D eigenvalue weighted by Crippen LogP contribution is -2.43. The molecule has 104 valence electrons. The Kier molecular flexibility index (Phi) is 3.30. The number of nitrogens with two attached hydrogens (primary N) is 1. The Hall–Kier alpha value is -1.02. The molecule has 1 fully saturated rings. The SMILES string of the molecule is CC1(C)CCC(CN2CCCc3ccccc32)C1N. The fraction of sp³-hybridized carbons (Fsp3) is 0.647. The van der Waals surface area contributed by atoms with Gasteiger partial charge in [0.15, 0.2) is 0 Å². The summed E-state index contributed by atoms with van der Waals surface area (Å²) >= 11 is 0. The summed E-state index contributed by atoms with van der Waals surface area (Å²) in [4.78, 5) is 2.57. The van der Waals surface area contributed by atoms with Gasteiger partial charge in [-0.1, -0.05) is 32.0 Å².